The molecule has 1 saturated heterocycles. The van der Waals surface area contributed by atoms with Gasteiger partial charge in [0.25, 0.3) is 0 Å². The van der Waals surface area contributed by atoms with E-state index in [0.29, 0.717) is 31.0 Å². The van der Waals surface area contributed by atoms with E-state index in [4.69, 9.17) is 4.74 Å². The maximum Gasteiger partial charge on any atom is 0.220 e. The van der Waals surface area contributed by atoms with Crippen LogP contribution in [0, 0.1) is 5.82 Å². The van der Waals surface area contributed by atoms with E-state index in [0.717, 1.165) is 19.5 Å². The van der Waals surface area contributed by atoms with Crippen molar-refractivity contribution in [3.63, 3.8) is 0 Å². The van der Waals surface area contributed by atoms with Gasteiger partial charge in [0.2, 0.25) is 5.91 Å². The minimum absolute atomic E-state index is 0.0230. The first kappa shape index (κ1) is 16.7. The van der Waals surface area contributed by atoms with Crippen molar-refractivity contribution >= 4 is 5.91 Å². The molecule has 2 rings (SSSR count). The molecule has 5 heteroatoms. The number of likely N-dealkylation sites (N-methyl/N-ethyl adjacent to an activating group) is 1. The summed E-state index contributed by atoms with van der Waals surface area (Å²) in [6.07, 6.45) is 3.02. The van der Waals surface area contributed by atoms with Gasteiger partial charge in [-0.1, -0.05) is 19.1 Å². The number of carbonyl (C=O) groups is 1. The Kier molecular flexibility index (Phi) is 6.19. The molecule has 1 amide bonds. The number of methoxy groups -OCH3 is 1. The molecule has 4 nitrogen and oxygen atoms in total. The molecule has 0 saturated carbocycles. The van der Waals surface area contributed by atoms with E-state index in [-0.39, 0.29) is 17.5 Å². The van der Waals surface area contributed by atoms with Crippen molar-refractivity contribution in [3.05, 3.63) is 29.6 Å². The number of halogens is 1. The third-order valence-corrected chi connectivity index (χ3v) is 4.32. The summed E-state index contributed by atoms with van der Waals surface area (Å²) in [6, 6.07) is 5.47. The summed E-state index contributed by atoms with van der Waals surface area (Å²) >= 11 is 0. The molecule has 1 unspecified atom stereocenters. The molecule has 1 heterocycles. The summed E-state index contributed by atoms with van der Waals surface area (Å²) in [5.41, 5.74) is 0.519. The van der Waals surface area contributed by atoms with Crippen molar-refractivity contribution in [2.24, 2.45) is 0 Å². The minimum Gasteiger partial charge on any atom is -0.494 e. The average Bonchev–Trinajstić information content (AvgIpc) is 2.99. The Morgan fingerprint density at radius 2 is 2.32 bits per heavy atom. The standard InChI is InChI=1S/C17H25FN2O2/c1-3-20-11-5-7-14(20)12-19-16(21)10-9-13-6-4-8-15(22-2)17(13)18/h4,6,8,14H,3,5,7,9-12H2,1-2H3,(H,19,21). The molecule has 0 bridgehead atoms. The summed E-state index contributed by atoms with van der Waals surface area (Å²) in [6.45, 7) is 4.97. The highest BCUT2D eigenvalue weighted by atomic mass is 19.1. The molecule has 1 N–H and O–H groups in total. The van der Waals surface area contributed by atoms with Gasteiger partial charge in [-0.15, -0.1) is 0 Å². The van der Waals surface area contributed by atoms with Crippen LogP contribution in [-0.2, 0) is 11.2 Å². The Labute approximate surface area is 131 Å². The van der Waals surface area contributed by atoms with Gasteiger partial charge in [-0.3, -0.25) is 9.69 Å². The van der Waals surface area contributed by atoms with Crippen molar-refractivity contribution in [2.75, 3.05) is 26.7 Å². The van der Waals surface area contributed by atoms with Crippen LogP contribution in [-0.4, -0.2) is 43.6 Å². The quantitative estimate of drug-likeness (QED) is 0.841. The molecule has 1 fully saturated rings. The zero-order chi connectivity index (χ0) is 15.9. The molecular weight excluding hydrogens is 283 g/mol. The number of nitrogens with one attached hydrogen (secondary N) is 1. The SMILES string of the molecule is CCN1CCCC1CNC(=O)CCc1cccc(OC)c1F. The lowest BCUT2D eigenvalue weighted by Gasteiger charge is -2.22. The smallest absolute Gasteiger partial charge is 0.220 e. The van der Waals surface area contributed by atoms with E-state index in [1.54, 1.807) is 18.2 Å². The predicted octanol–water partition coefficient (Wildman–Crippen LogP) is 2.37. The number of aryl methyl sites for hydroxylation is 1. The van der Waals surface area contributed by atoms with Gasteiger partial charge in [-0.25, -0.2) is 4.39 Å². The lowest BCUT2D eigenvalue weighted by atomic mass is 10.1. The van der Waals surface area contributed by atoms with Gasteiger partial charge in [0.15, 0.2) is 11.6 Å². The van der Waals surface area contributed by atoms with Crippen molar-refractivity contribution in [2.45, 2.75) is 38.6 Å². The van der Waals surface area contributed by atoms with Gasteiger partial charge in [-0.05, 0) is 44.0 Å². The van der Waals surface area contributed by atoms with Crippen molar-refractivity contribution in [1.29, 1.82) is 0 Å². The highest BCUT2D eigenvalue weighted by molar-refractivity contribution is 5.76. The highest BCUT2D eigenvalue weighted by Gasteiger charge is 2.23. The molecule has 1 aliphatic rings. The second-order valence-corrected chi connectivity index (χ2v) is 5.66. The largest absolute Gasteiger partial charge is 0.494 e. The molecule has 0 aliphatic carbocycles. The Balaban J connectivity index is 1.78. The summed E-state index contributed by atoms with van der Waals surface area (Å²) in [5, 5.41) is 2.97. The van der Waals surface area contributed by atoms with Crippen LogP contribution in [0.3, 0.4) is 0 Å². The number of likely N-dealkylation sites (tertiary alicyclic amines) is 1. The number of hydrogen-bond acceptors (Lipinski definition) is 3. The molecule has 0 aromatic heterocycles. The molecule has 1 aromatic carbocycles. The second-order valence-electron chi connectivity index (χ2n) is 5.66. The van der Waals surface area contributed by atoms with E-state index in [1.807, 2.05) is 0 Å². The second kappa shape index (κ2) is 8.13. The summed E-state index contributed by atoms with van der Waals surface area (Å²) in [4.78, 5) is 14.3. The molecule has 1 atom stereocenters. The first-order chi connectivity index (χ1) is 10.7. The number of rotatable bonds is 7. The monoisotopic (exact) mass is 308 g/mol. The lowest BCUT2D eigenvalue weighted by Crippen LogP contribution is -2.40. The van der Waals surface area contributed by atoms with Crippen LogP contribution in [0.1, 0.15) is 31.7 Å². The van der Waals surface area contributed by atoms with Crippen molar-refractivity contribution in [3.8, 4) is 5.75 Å². The van der Waals surface area contributed by atoms with E-state index < -0.39 is 0 Å². The Hall–Kier alpha value is -1.62. The third kappa shape index (κ3) is 4.19. The maximum atomic E-state index is 14.0. The summed E-state index contributed by atoms with van der Waals surface area (Å²) < 4.78 is 18.9. The van der Waals surface area contributed by atoms with Gasteiger partial charge in [-0.2, -0.15) is 0 Å². The Morgan fingerprint density at radius 3 is 3.05 bits per heavy atom. The normalized spacial score (nSPS) is 18.4. The van der Waals surface area contributed by atoms with Crippen LogP contribution in [0.25, 0.3) is 0 Å². The topological polar surface area (TPSA) is 41.6 Å². The Morgan fingerprint density at radius 1 is 1.50 bits per heavy atom. The fourth-order valence-corrected chi connectivity index (χ4v) is 3.02. The van der Waals surface area contributed by atoms with E-state index in [1.165, 1.54) is 13.5 Å². The van der Waals surface area contributed by atoms with Crippen LogP contribution in [0.5, 0.6) is 5.75 Å². The van der Waals surface area contributed by atoms with Crippen molar-refractivity contribution < 1.29 is 13.9 Å². The van der Waals surface area contributed by atoms with Gasteiger partial charge < -0.3 is 10.1 Å². The number of amides is 1. The van der Waals surface area contributed by atoms with E-state index in [2.05, 4.69) is 17.1 Å². The highest BCUT2D eigenvalue weighted by Crippen LogP contribution is 2.21. The van der Waals surface area contributed by atoms with Gasteiger partial charge in [0, 0.05) is 19.0 Å². The van der Waals surface area contributed by atoms with E-state index >= 15 is 0 Å². The van der Waals surface area contributed by atoms with Gasteiger partial charge in [0.1, 0.15) is 0 Å². The number of hydrogen-bond donors (Lipinski definition) is 1. The van der Waals surface area contributed by atoms with Gasteiger partial charge >= 0.3 is 0 Å². The molecule has 1 aromatic rings. The first-order valence-corrected chi connectivity index (χ1v) is 7.97. The number of benzene rings is 1. The van der Waals surface area contributed by atoms with Crippen LogP contribution in [0.4, 0.5) is 4.39 Å². The van der Waals surface area contributed by atoms with E-state index in [9.17, 15) is 9.18 Å². The van der Waals surface area contributed by atoms with Crippen LogP contribution in [0.2, 0.25) is 0 Å². The molecule has 22 heavy (non-hydrogen) atoms. The number of ether oxygens (including phenoxy) is 1. The molecule has 122 valence electrons. The first-order valence-electron chi connectivity index (χ1n) is 7.97. The zero-order valence-electron chi connectivity index (χ0n) is 13.4. The van der Waals surface area contributed by atoms with Crippen LogP contribution in [0.15, 0.2) is 18.2 Å². The molecular formula is C17H25FN2O2. The average molecular weight is 308 g/mol. The fourth-order valence-electron chi connectivity index (χ4n) is 3.02. The predicted molar refractivity (Wildman–Crippen MR) is 84.6 cm³/mol. The minimum atomic E-state index is -0.370. The molecule has 0 radical (unpaired) electrons. The summed E-state index contributed by atoms with van der Waals surface area (Å²) in [5.74, 6) is -0.168. The zero-order valence-corrected chi connectivity index (χ0v) is 13.4. The summed E-state index contributed by atoms with van der Waals surface area (Å²) in [7, 11) is 1.44. The molecule has 1 aliphatic heterocycles. The number of nitrogens with zero attached hydrogens (tertiary/aromatic N) is 1. The fraction of sp³-hybridized carbons (Fsp3) is 0.588. The van der Waals surface area contributed by atoms with Gasteiger partial charge in [0.05, 0.1) is 7.11 Å². The number of carbonyl (C=O) groups excluding carboxylic acids is 1. The third-order valence-electron chi connectivity index (χ3n) is 4.32. The van der Waals surface area contributed by atoms with Crippen molar-refractivity contribution in [1.82, 2.24) is 10.2 Å². The lowest BCUT2D eigenvalue weighted by molar-refractivity contribution is -0.121. The Bertz CT molecular complexity index is 507. The maximum absolute atomic E-state index is 14.0. The molecule has 0 spiro atoms. The van der Waals surface area contributed by atoms with Crippen LogP contribution >= 0.6 is 0 Å². The van der Waals surface area contributed by atoms with Crippen LogP contribution < -0.4 is 10.1 Å².